The number of hydrogen-bond acceptors (Lipinski definition) is 3. The molecule has 4 heteroatoms. The van der Waals surface area contributed by atoms with Crippen LogP contribution in [-0.2, 0) is 9.53 Å². The number of ether oxygens (including phenoxy) is 1. The summed E-state index contributed by atoms with van der Waals surface area (Å²) in [6, 6.07) is 8.96. The van der Waals surface area contributed by atoms with Crippen molar-refractivity contribution in [2.45, 2.75) is 18.4 Å². The smallest absolute Gasteiger partial charge is 0.332 e. The zero-order valence-corrected chi connectivity index (χ0v) is 11.0. The molecule has 0 aromatic heterocycles. The summed E-state index contributed by atoms with van der Waals surface area (Å²) in [5.74, 6) is -0.512. The molecular weight excluding hydrogens is 242 g/mol. The van der Waals surface area contributed by atoms with Crippen molar-refractivity contribution in [2.75, 3.05) is 13.7 Å². The number of amides is 1. The summed E-state index contributed by atoms with van der Waals surface area (Å²) in [4.78, 5) is 26.0. The van der Waals surface area contributed by atoms with Gasteiger partial charge in [0, 0.05) is 12.1 Å². The summed E-state index contributed by atoms with van der Waals surface area (Å²) in [6.07, 6.45) is 2.68. The third-order valence-corrected chi connectivity index (χ3v) is 3.58. The first-order valence-electron chi connectivity index (χ1n) is 6.22. The van der Waals surface area contributed by atoms with E-state index in [1.54, 1.807) is 35.2 Å². The Morgan fingerprint density at radius 2 is 2.11 bits per heavy atom. The van der Waals surface area contributed by atoms with Gasteiger partial charge < -0.3 is 9.64 Å². The molecule has 4 nitrogen and oxygen atoms in total. The van der Waals surface area contributed by atoms with Crippen LogP contribution in [0.15, 0.2) is 43.0 Å². The number of carbonyl (C=O) groups is 2. The SMILES string of the molecule is C=CCC1(C(=O)OC)CCN1C(=O)c1ccccc1. The number of rotatable bonds is 4. The minimum Gasteiger partial charge on any atom is -0.467 e. The molecule has 1 aliphatic rings. The summed E-state index contributed by atoms with van der Waals surface area (Å²) in [5.41, 5.74) is -0.289. The van der Waals surface area contributed by atoms with E-state index in [4.69, 9.17) is 4.74 Å². The van der Waals surface area contributed by atoms with Crippen LogP contribution in [0.5, 0.6) is 0 Å². The van der Waals surface area contributed by atoms with Gasteiger partial charge in [-0.15, -0.1) is 6.58 Å². The van der Waals surface area contributed by atoms with Crippen LogP contribution < -0.4 is 0 Å². The maximum atomic E-state index is 12.4. The minimum atomic E-state index is -0.872. The Hall–Kier alpha value is -2.10. The predicted octanol–water partition coefficient (Wildman–Crippen LogP) is 2.02. The standard InChI is InChI=1S/C15H17NO3/c1-3-9-15(14(18)19-2)10-11-16(15)13(17)12-7-5-4-6-8-12/h3-8H,1,9-11H2,2H3. The van der Waals surface area contributed by atoms with E-state index in [0.29, 0.717) is 24.9 Å². The lowest BCUT2D eigenvalue weighted by Gasteiger charge is -2.49. The second-order valence-electron chi connectivity index (χ2n) is 4.59. The van der Waals surface area contributed by atoms with Crippen LogP contribution in [0.1, 0.15) is 23.2 Å². The maximum Gasteiger partial charge on any atom is 0.332 e. The van der Waals surface area contributed by atoms with Crippen LogP contribution in [0.4, 0.5) is 0 Å². The third-order valence-electron chi connectivity index (χ3n) is 3.58. The molecule has 1 heterocycles. The molecule has 1 fully saturated rings. The number of hydrogen-bond donors (Lipinski definition) is 0. The fourth-order valence-electron chi connectivity index (χ4n) is 2.46. The molecule has 1 aromatic rings. The fraction of sp³-hybridized carbons (Fsp3) is 0.333. The van der Waals surface area contributed by atoms with Crippen molar-refractivity contribution < 1.29 is 14.3 Å². The van der Waals surface area contributed by atoms with E-state index in [-0.39, 0.29) is 11.9 Å². The lowest BCUT2D eigenvalue weighted by Crippen LogP contribution is -2.66. The van der Waals surface area contributed by atoms with Crippen LogP contribution in [0.25, 0.3) is 0 Å². The van der Waals surface area contributed by atoms with Crippen LogP contribution in [0.3, 0.4) is 0 Å². The van der Waals surface area contributed by atoms with Gasteiger partial charge in [0.2, 0.25) is 0 Å². The highest BCUT2D eigenvalue weighted by atomic mass is 16.5. The molecule has 0 N–H and O–H groups in total. The van der Waals surface area contributed by atoms with Gasteiger partial charge in [0.05, 0.1) is 7.11 Å². The van der Waals surface area contributed by atoms with Crippen molar-refractivity contribution in [3.63, 3.8) is 0 Å². The van der Waals surface area contributed by atoms with E-state index in [1.165, 1.54) is 7.11 Å². The summed E-state index contributed by atoms with van der Waals surface area (Å²) in [7, 11) is 1.34. The Morgan fingerprint density at radius 3 is 2.58 bits per heavy atom. The van der Waals surface area contributed by atoms with Crippen molar-refractivity contribution in [1.29, 1.82) is 0 Å². The van der Waals surface area contributed by atoms with Crippen molar-refractivity contribution in [3.8, 4) is 0 Å². The summed E-state index contributed by atoms with van der Waals surface area (Å²) in [6.45, 7) is 4.23. The van der Waals surface area contributed by atoms with Crippen molar-refractivity contribution in [3.05, 3.63) is 48.6 Å². The lowest BCUT2D eigenvalue weighted by atomic mass is 9.80. The summed E-state index contributed by atoms with van der Waals surface area (Å²) < 4.78 is 4.85. The van der Waals surface area contributed by atoms with Crippen molar-refractivity contribution in [2.24, 2.45) is 0 Å². The van der Waals surface area contributed by atoms with Gasteiger partial charge in [-0.05, 0) is 25.0 Å². The number of nitrogens with zero attached hydrogens (tertiary/aromatic N) is 1. The molecule has 0 aliphatic carbocycles. The third kappa shape index (κ3) is 2.14. The van der Waals surface area contributed by atoms with Gasteiger partial charge >= 0.3 is 5.97 Å². The highest BCUT2D eigenvalue weighted by Gasteiger charge is 2.53. The number of methoxy groups -OCH3 is 1. The molecule has 0 saturated carbocycles. The Balaban J connectivity index is 2.27. The molecule has 0 bridgehead atoms. The van der Waals surface area contributed by atoms with Gasteiger partial charge in [-0.1, -0.05) is 24.3 Å². The Kier molecular flexibility index (Phi) is 3.69. The fourth-order valence-corrected chi connectivity index (χ4v) is 2.46. The Morgan fingerprint density at radius 1 is 1.42 bits per heavy atom. The minimum absolute atomic E-state index is 0.140. The first kappa shape index (κ1) is 13.3. The number of benzene rings is 1. The molecule has 1 atom stereocenters. The van der Waals surface area contributed by atoms with Gasteiger partial charge in [-0.3, -0.25) is 4.79 Å². The molecule has 1 amide bonds. The Bertz CT molecular complexity index is 497. The van der Waals surface area contributed by atoms with Crippen LogP contribution >= 0.6 is 0 Å². The quantitative estimate of drug-likeness (QED) is 0.614. The summed E-state index contributed by atoms with van der Waals surface area (Å²) >= 11 is 0. The van der Waals surface area contributed by atoms with Gasteiger partial charge in [0.15, 0.2) is 0 Å². The second-order valence-corrected chi connectivity index (χ2v) is 4.59. The van der Waals surface area contributed by atoms with E-state index in [2.05, 4.69) is 6.58 Å². The van der Waals surface area contributed by atoms with E-state index < -0.39 is 5.54 Å². The van der Waals surface area contributed by atoms with E-state index in [1.807, 2.05) is 6.07 Å². The molecule has 2 rings (SSSR count). The van der Waals surface area contributed by atoms with Gasteiger partial charge in [0.25, 0.3) is 5.91 Å². The molecule has 1 aliphatic heterocycles. The second kappa shape index (κ2) is 5.26. The molecular formula is C15H17NO3. The molecule has 1 aromatic carbocycles. The normalized spacial score (nSPS) is 21.4. The Labute approximate surface area is 112 Å². The lowest BCUT2D eigenvalue weighted by molar-refractivity contribution is -0.161. The van der Waals surface area contributed by atoms with Gasteiger partial charge in [0.1, 0.15) is 5.54 Å². The average molecular weight is 259 g/mol. The number of carbonyl (C=O) groups excluding carboxylic acids is 2. The molecule has 1 unspecified atom stereocenters. The van der Waals surface area contributed by atoms with Crippen LogP contribution in [0.2, 0.25) is 0 Å². The average Bonchev–Trinajstić information content (AvgIpc) is 2.43. The monoisotopic (exact) mass is 259 g/mol. The van der Waals surface area contributed by atoms with Crippen molar-refractivity contribution >= 4 is 11.9 Å². The molecule has 1 saturated heterocycles. The van der Waals surface area contributed by atoms with E-state index in [9.17, 15) is 9.59 Å². The van der Waals surface area contributed by atoms with Crippen LogP contribution in [0, 0.1) is 0 Å². The number of esters is 1. The highest BCUT2D eigenvalue weighted by Crippen LogP contribution is 2.36. The largest absolute Gasteiger partial charge is 0.467 e. The van der Waals surface area contributed by atoms with E-state index >= 15 is 0 Å². The first-order valence-corrected chi connectivity index (χ1v) is 6.22. The van der Waals surface area contributed by atoms with Crippen LogP contribution in [-0.4, -0.2) is 36.0 Å². The predicted molar refractivity (Wildman–Crippen MR) is 71.7 cm³/mol. The summed E-state index contributed by atoms with van der Waals surface area (Å²) in [5, 5.41) is 0. The van der Waals surface area contributed by atoms with Crippen molar-refractivity contribution in [1.82, 2.24) is 4.90 Å². The molecule has 0 radical (unpaired) electrons. The molecule has 100 valence electrons. The van der Waals surface area contributed by atoms with Gasteiger partial charge in [-0.2, -0.15) is 0 Å². The zero-order valence-electron chi connectivity index (χ0n) is 11.0. The molecule has 19 heavy (non-hydrogen) atoms. The van der Waals surface area contributed by atoms with E-state index in [0.717, 1.165) is 0 Å². The number of likely N-dealkylation sites (tertiary alicyclic amines) is 1. The maximum absolute atomic E-state index is 12.4. The first-order chi connectivity index (χ1) is 9.15. The topological polar surface area (TPSA) is 46.6 Å². The zero-order chi connectivity index (χ0) is 13.9. The van der Waals surface area contributed by atoms with Gasteiger partial charge in [-0.25, -0.2) is 4.79 Å². The molecule has 0 spiro atoms. The highest BCUT2D eigenvalue weighted by molar-refractivity contribution is 5.99.